The molecule has 0 bridgehead atoms. The Hall–Kier alpha value is -2.70. The highest BCUT2D eigenvalue weighted by Crippen LogP contribution is 2.33. The molecule has 7 heteroatoms. The van der Waals surface area contributed by atoms with Crippen LogP contribution in [-0.4, -0.2) is 46.6 Å². The number of benzene rings is 2. The summed E-state index contributed by atoms with van der Waals surface area (Å²) in [6.07, 6.45) is 2.37. The van der Waals surface area contributed by atoms with Crippen molar-refractivity contribution in [3.63, 3.8) is 0 Å². The van der Waals surface area contributed by atoms with E-state index < -0.39 is 0 Å². The van der Waals surface area contributed by atoms with E-state index in [1.54, 1.807) is 6.07 Å². The van der Waals surface area contributed by atoms with E-state index in [0.717, 1.165) is 37.1 Å². The molecule has 4 rings (SSSR count). The molecule has 1 aliphatic rings. The number of aromatic nitrogens is 2. The van der Waals surface area contributed by atoms with Crippen LogP contribution in [-0.2, 0) is 17.6 Å². The third-order valence-electron chi connectivity index (χ3n) is 5.98. The summed E-state index contributed by atoms with van der Waals surface area (Å²) in [5, 5.41) is 4.79. The summed E-state index contributed by atoms with van der Waals surface area (Å²) in [6, 6.07) is 11.7. The van der Waals surface area contributed by atoms with Crippen molar-refractivity contribution in [2.45, 2.75) is 60.0 Å². The highest BCUT2D eigenvalue weighted by Gasteiger charge is 2.23. The number of carbonyl (C=O) groups is 1. The molecule has 0 amide bonds. The summed E-state index contributed by atoms with van der Waals surface area (Å²) in [5.74, 6) is 1.91. The Morgan fingerprint density at radius 2 is 1.94 bits per heavy atom. The first kappa shape index (κ1) is 25.4. The minimum atomic E-state index is 0.0153. The first-order chi connectivity index (χ1) is 16.6. The predicted octanol–water partition coefficient (Wildman–Crippen LogP) is 6.25. The molecule has 0 aliphatic carbocycles. The zero-order valence-electron chi connectivity index (χ0n) is 21.2. The normalized spacial score (nSPS) is 14.6. The zero-order chi connectivity index (χ0) is 25.2. The molecule has 0 saturated carbocycles. The van der Waals surface area contributed by atoms with Crippen LogP contribution >= 0.6 is 11.6 Å². The van der Waals surface area contributed by atoms with Gasteiger partial charge in [0.1, 0.15) is 11.5 Å². The fraction of sp³-hybridized carbons (Fsp3) is 0.464. The van der Waals surface area contributed by atoms with Gasteiger partial charge < -0.3 is 9.26 Å². The third kappa shape index (κ3) is 6.50. The summed E-state index contributed by atoms with van der Waals surface area (Å²) >= 11 is 6.40. The molecular weight excluding hydrogens is 462 g/mol. The zero-order valence-corrected chi connectivity index (χ0v) is 22.0. The number of carbonyl (C=O) groups excluding carboxylic acids is 1. The van der Waals surface area contributed by atoms with Crippen molar-refractivity contribution in [2.75, 3.05) is 19.6 Å². The van der Waals surface area contributed by atoms with Gasteiger partial charge in [0.25, 0.3) is 5.89 Å². The summed E-state index contributed by atoms with van der Waals surface area (Å²) in [4.78, 5) is 19.5. The Bertz CT molecular complexity index is 1200. The number of ketones is 1. The second-order valence-electron chi connectivity index (χ2n) is 10.7. The quantitative estimate of drug-likeness (QED) is 0.386. The maximum atomic E-state index is 12.5. The Kier molecular flexibility index (Phi) is 7.62. The topological polar surface area (TPSA) is 68.5 Å². The maximum Gasteiger partial charge on any atom is 0.258 e. The number of nitrogens with zero attached hydrogens (tertiary/aromatic N) is 3. The lowest BCUT2D eigenvalue weighted by Gasteiger charge is -2.22. The molecule has 0 unspecified atom stereocenters. The minimum Gasteiger partial charge on any atom is -0.489 e. The fourth-order valence-electron chi connectivity index (χ4n) is 4.52. The van der Waals surface area contributed by atoms with Gasteiger partial charge in [0.15, 0.2) is 0 Å². The van der Waals surface area contributed by atoms with E-state index >= 15 is 0 Å². The highest BCUT2D eigenvalue weighted by atomic mass is 35.5. The SMILES string of the molecule is CC(C)Oc1ccc(-c2nc(-c3cccc4c3CCN(CC(=O)CC(C)(C)C)CC4)no2)cc1Cl. The second kappa shape index (κ2) is 10.5. The number of rotatable bonds is 7. The lowest BCUT2D eigenvalue weighted by atomic mass is 9.90. The van der Waals surface area contributed by atoms with E-state index in [-0.39, 0.29) is 11.5 Å². The molecule has 0 radical (unpaired) electrons. The molecule has 35 heavy (non-hydrogen) atoms. The molecule has 0 saturated heterocycles. The molecule has 1 aliphatic heterocycles. The third-order valence-corrected chi connectivity index (χ3v) is 6.28. The number of fused-ring (bicyclic) bond motifs is 1. The number of Topliss-reactive ketones (excluding diaryl/α,β-unsaturated/α-hetero) is 1. The fourth-order valence-corrected chi connectivity index (χ4v) is 4.75. The van der Waals surface area contributed by atoms with Gasteiger partial charge in [0.2, 0.25) is 5.82 Å². The lowest BCUT2D eigenvalue weighted by molar-refractivity contribution is -0.121. The smallest absolute Gasteiger partial charge is 0.258 e. The summed E-state index contributed by atoms with van der Waals surface area (Å²) in [6.45, 7) is 12.4. The van der Waals surface area contributed by atoms with Crippen molar-refractivity contribution in [3.8, 4) is 28.6 Å². The predicted molar refractivity (Wildman–Crippen MR) is 139 cm³/mol. The van der Waals surface area contributed by atoms with Gasteiger partial charge in [0, 0.05) is 30.6 Å². The maximum absolute atomic E-state index is 12.5. The number of halogens is 1. The molecule has 0 N–H and O–H groups in total. The van der Waals surface area contributed by atoms with Gasteiger partial charge in [-0.2, -0.15) is 4.98 Å². The number of hydrogen-bond acceptors (Lipinski definition) is 6. The molecule has 2 aromatic carbocycles. The standard InChI is InChI=1S/C28H34ClN3O3/c1-18(2)34-25-10-9-20(15-24(25)29)27-30-26(31-35-27)23-8-6-7-19-11-13-32(14-12-22(19)23)17-21(33)16-28(3,4)5/h6-10,15,18H,11-14,16-17H2,1-5H3. The molecule has 0 fully saturated rings. The Balaban J connectivity index is 1.51. The monoisotopic (exact) mass is 495 g/mol. The summed E-state index contributed by atoms with van der Waals surface area (Å²) in [5.41, 5.74) is 4.24. The van der Waals surface area contributed by atoms with E-state index in [1.807, 2.05) is 38.1 Å². The van der Waals surface area contributed by atoms with Gasteiger partial charge in [-0.1, -0.05) is 55.7 Å². The van der Waals surface area contributed by atoms with Crippen molar-refractivity contribution < 1.29 is 14.1 Å². The molecule has 2 heterocycles. The Morgan fingerprint density at radius 1 is 1.17 bits per heavy atom. The first-order valence-corrected chi connectivity index (χ1v) is 12.6. The van der Waals surface area contributed by atoms with Crippen molar-refractivity contribution >= 4 is 17.4 Å². The molecule has 0 atom stereocenters. The van der Waals surface area contributed by atoms with Crippen molar-refractivity contribution in [2.24, 2.45) is 5.41 Å². The molecule has 3 aromatic rings. The van der Waals surface area contributed by atoms with E-state index in [9.17, 15) is 4.79 Å². The molecule has 0 spiro atoms. The van der Waals surface area contributed by atoms with Crippen molar-refractivity contribution in [1.82, 2.24) is 15.0 Å². The van der Waals surface area contributed by atoms with Crippen molar-refractivity contribution in [3.05, 3.63) is 52.5 Å². The lowest BCUT2D eigenvalue weighted by Crippen LogP contribution is -2.33. The molecule has 6 nitrogen and oxygen atoms in total. The van der Waals surface area contributed by atoms with Crippen LogP contribution in [0.2, 0.25) is 5.02 Å². The molecule has 1 aromatic heterocycles. The second-order valence-corrected chi connectivity index (χ2v) is 11.1. The molecular formula is C28H34ClN3O3. The van der Waals surface area contributed by atoms with Gasteiger partial charge >= 0.3 is 0 Å². The van der Waals surface area contributed by atoms with E-state index in [4.69, 9.17) is 20.9 Å². The van der Waals surface area contributed by atoms with E-state index in [0.29, 0.717) is 41.2 Å². The molecule has 186 valence electrons. The van der Waals surface area contributed by atoms with Crippen LogP contribution in [0.1, 0.15) is 52.2 Å². The van der Waals surface area contributed by atoms with E-state index in [2.05, 4.69) is 41.9 Å². The van der Waals surface area contributed by atoms with Gasteiger partial charge in [0.05, 0.1) is 17.7 Å². The van der Waals surface area contributed by atoms with Crippen LogP contribution in [0.4, 0.5) is 0 Å². The van der Waals surface area contributed by atoms with Gasteiger partial charge in [-0.3, -0.25) is 9.69 Å². The average Bonchev–Trinajstić information content (AvgIpc) is 3.16. The minimum absolute atomic E-state index is 0.0153. The van der Waals surface area contributed by atoms with Crippen LogP contribution < -0.4 is 4.74 Å². The summed E-state index contributed by atoms with van der Waals surface area (Å²) in [7, 11) is 0. The van der Waals surface area contributed by atoms with Crippen LogP contribution in [0.3, 0.4) is 0 Å². The largest absolute Gasteiger partial charge is 0.489 e. The van der Waals surface area contributed by atoms with Gasteiger partial charge in [-0.05, 0) is 61.4 Å². The van der Waals surface area contributed by atoms with Crippen LogP contribution in [0.15, 0.2) is 40.9 Å². The first-order valence-electron chi connectivity index (χ1n) is 12.2. The Morgan fingerprint density at radius 3 is 2.66 bits per heavy atom. The van der Waals surface area contributed by atoms with E-state index in [1.165, 1.54) is 11.1 Å². The highest BCUT2D eigenvalue weighted by molar-refractivity contribution is 6.32. The average molecular weight is 496 g/mol. The van der Waals surface area contributed by atoms with Crippen LogP contribution in [0, 0.1) is 5.41 Å². The van der Waals surface area contributed by atoms with Crippen LogP contribution in [0.5, 0.6) is 5.75 Å². The summed E-state index contributed by atoms with van der Waals surface area (Å²) < 4.78 is 11.3. The number of ether oxygens (including phenoxy) is 1. The van der Waals surface area contributed by atoms with Crippen LogP contribution in [0.25, 0.3) is 22.8 Å². The van der Waals surface area contributed by atoms with Crippen molar-refractivity contribution in [1.29, 1.82) is 0 Å². The Labute approximate surface area is 212 Å². The number of hydrogen-bond donors (Lipinski definition) is 0. The van der Waals surface area contributed by atoms with Gasteiger partial charge in [-0.15, -0.1) is 0 Å². The van der Waals surface area contributed by atoms with Gasteiger partial charge in [-0.25, -0.2) is 0 Å².